The first-order valence-corrected chi connectivity index (χ1v) is 6.99. The molecule has 0 radical (unpaired) electrons. The largest absolute Gasteiger partial charge is 0.302 e. The molecule has 0 saturated carbocycles. The number of rotatable bonds is 4. The van der Waals surface area contributed by atoms with Crippen LogP contribution in [0, 0.1) is 5.82 Å². The third kappa shape index (κ3) is 3.61. The molecule has 1 heterocycles. The highest BCUT2D eigenvalue weighted by atomic mass is 79.9. The zero-order valence-electron chi connectivity index (χ0n) is 10.9. The van der Waals surface area contributed by atoms with Gasteiger partial charge in [-0.15, -0.1) is 0 Å². The van der Waals surface area contributed by atoms with E-state index in [1.807, 2.05) is 25.1 Å². The first-order valence-electron chi connectivity index (χ1n) is 6.20. The lowest BCUT2D eigenvalue weighted by Crippen LogP contribution is -2.23. The molecule has 0 aliphatic heterocycles. The highest BCUT2D eigenvalue weighted by molar-refractivity contribution is 9.10. The van der Waals surface area contributed by atoms with Crippen LogP contribution in [0.5, 0.6) is 0 Å². The fraction of sp³-hybridized carbons (Fsp3) is 0.267. The standard InChI is InChI=1S/C15H16BrFN2/c1-10(13-5-3-4-6-14(13)16)19-11(2)15-8-7-12(17)9-18-15/h3-11,19H,1-2H3/t10-,11?/m1/s1. The maximum absolute atomic E-state index is 12.8. The summed E-state index contributed by atoms with van der Waals surface area (Å²) in [6.45, 7) is 4.12. The molecule has 0 aliphatic rings. The Balaban J connectivity index is 2.08. The second kappa shape index (κ2) is 6.26. The van der Waals surface area contributed by atoms with Crippen molar-refractivity contribution < 1.29 is 4.39 Å². The number of benzene rings is 1. The summed E-state index contributed by atoms with van der Waals surface area (Å²) in [7, 11) is 0. The molecular weight excluding hydrogens is 307 g/mol. The summed E-state index contributed by atoms with van der Waals surface area (Å²) in [5.41, 5.74) is 2.02. The molecule has 2 atom stereocenters. The Bertz CT molecular complexity index is 542. The highest BCUT2D eigenvalue weighted by Gasteiger charge is 2.13. The van der Waals surface area contributed by atoms with Gasteiger partial charge in [0, 0.05) is 16.6 Å². The van der Waals surface area contributed by atoms with Crippen molar-refractivity contribution in [2.45, 2.75) is 25.9 Å². The van der Waals surface area contributed by atoms with Gasteiger partial charge in [-0.2, -0.15) is 0 Å². The first-order chi connectivity index (χ1) is 9.08. The fourth-order valence-corrected chi connectivity index (χ4v) is 2.65. The number of pyridine rings is 1. The second-order valence-corrected chi connectivity index (χ2v) is 5.39. The summed E-state index contributed by atoms with van der Waals surface area (Å²) in [5, 5.41) is 3.46. The molecule has 1 N–H and O–H groups in total. The molecule has 2 nitrogen and oxygen atoms in total. The molecule has 0 aliphatic carbocycles. The molecule has 2 aromatic rings. The van der Waals surface area contributed by atoms with Crippen LogP contribution < -0.4 is 5.32 Å². The van der Waals surface area contributed by atoms with Crippen molar-refractivity contribution in [1.29, 1.82) is 0 Å². The van der Waals surface area contributed by atoms with Crippen LogP contribution in [0.2, 0.25) is 0 Å². The Morgan fingerprint density at radius 3 is 2.47 bits per heavy atom. The van der Waals surface area contributed by atoms with Gasteiger partial charge in [0.2, 0.25) is 0 Å². The van der Waals surface area contributed by atoms with Crippen LogP contribution in [-0.2, 0) is 0 Å². The molecule has 0 bridgehead atoms. The van der Waals surface area contributed by atoms with Crippen LogP contribution >= 0.6 is 15.9 Å². The zero-order chi connectivity index (χ0) is 13.8. The van der Waals surface area contributed by atoms with E-state index in [9.17, 15) is 4.39 Å². The third-order valence-corrected chi connectivity index (χ3v) is 3.79. The Labute approximate surface area is 121 Å². The van der Waals surface area contributed by atoms with E-state index in [1.54, 1.807) is 6.07 Å². The fourth-order valence-electron chi connectivity index (χ4n) is 2.02. The summed E-state index contributed by atoms with van der Waals surface area (Å²) in [4.78, 5) is 4.10. The topological polar surface area (TPSA) is 24.9 Å². The van der Waals surface area contributed by atoms with Crippen molar-refractivity contribution in [3.8, 4) is 0 Å². The molecule has 100 valence electrons. The zero-order valence-corrected chi connectivity index (χ0v) is 12.5. The highest BCUT2D eigenvalue weighted by Crippen LogP contribution is 2.25. The quantitative estimate of drug-likeness (QED) is 0.902. The predicted molar refractivity (Wildman–Crippen MR) is 78.3 cm³/mol. The summed E-state index contributed by atoms with van der Waals surface area (Å²) >= 11 is 3.55. The van der Waals surface area contributed by atoms with Crippen molar-refractivity contribution in [1.82, 2.24) is 10.3 Å². The van der Waals surface area contributed by atoms with Gasteiger partial charge >= 0.3 is 0 Å². The monoisotopic (exact) mass is 322 g/mol. The van der Waals surface area contributed by atoms with E-state index in [0.29, 0.717) is 0 Å². The molecule has 1 aromatic heterocycles. The van der Waals surface area contributed by atoms with Gasteiger partial charge in [-0.05, 0) is 37.6 Å². The van der Waals surface area contributed by atoms with Gasteiger partial charge in [-0.3, -0.25) is 4.98 Å². The number of nitrogens with zero attached hydrogens (tertiary/aromatic N) is 1. The van der Waals surface area contributed by atoms with Crippen molar-refractivity contribution in [3.63, 3.8) is 0 Å². The van der Waals surface area contributed by atoms with Crippen LogP contribution in [0.4, 0.5) is 4.39 Å². The molecule has 19 heavy (non-hydrogen) atoms. The Kier molecular flexibility index (Phi) is 4.66. The van der Waals surface area contributed by atoms with E-state index in [2.05, 4.69) is 39.2 Å². The molecule has 0 spiro atoms. The first kappa shape index (κ1) is 14.2. The minimum absolute atomic E-state index is 0.0581. The molecular formula is C15H16BrFN2. The van der Waals surface area contributed by atoms with Gasteiger partial charge in [0.05, 0.1) is 11.9 Å². The minimum Gasteiger partial charge on any atom is -0.302 e. The van der Waals surface area contributed by atoms with Crippen molar-refractivity contribution >= 4 is 15.9 Å². The van der Waals surface area contributed by atoms with Crippen LogP contribution in [-0.4, -0.2) is 4.98 Å². The number of halogens is 2. The summed E-state index contributed by atoms with van der Waals surface area (Å²) in [6, 6.07) is 11.5. The van der Waals surface area contributed by atoms with Crippen molar-refractivity contribution in [2.24, 2.45) is 0 Å². The van der Waals surface area contributed by atoms with Gasteiger partial charge in [0.25, 0.3) is 0 Å². The van der Waals surface area contributed by atoms with E-state index in [0.717, 1.165) is 10.2 Å². The van der Waals surface area contributed by atoms with Crippen LogP contribution in [0.1, 0.15) is 37.2 Å². The summed E-state index contributed by atoms with van der Waals surface area (Å²) in [5.74, 6) is -0.310. The molecule has 4 heteroatoms. The maximum atomic E-state index is 12.8. The Hall–Kier alpha value is -1.26. The lowest BCUT2D eigenvalue weighted by Gasteiger charge is -2.21. The molecule has 1 aromatic carbocycles. The van der Waals surface area contributed by atoms with Gasteiger partial charge in [-0.1, -0.05) is 34.1 Å². The van der Waals surface area contributed by atoms with E-state index in [4.69, 9.17) is 0 Å². The maximum Gasteiger partial charge on any atom is 0.141 e. The van der Waals surface area contributed by atoms with Gasteiger partial charge in [0.15, 0.2) is 0 Å². The molecule has 1 unspecified atom stereocenters. The van der Waals surface area contributed by atoms with E-state index < -0.39 is 0 Å². The van der Waals surface area contributed by atoms with E-state index in [1.165, 1.54) is 17.8 Å². The van der Waals surface area contributed by atoms with Crippen molar-refractivity contribution in [3.05, 3.63) is 64.1 Å². The lowest BCUT2D eigenvalue weighted by molar-refractivity contribution is 0.483. The normalized spacial score (nSPS) is 14.1. The van der Waals surface area contributed by atoms with E-state index in [-0.39, 0.29) is 17.9 Å². The predicted octanol–water partition coefficient (Wildman–Crippen LogP) is 4.40. The molecule has 2 rings (SSSR count). The number of nitrogens with one attached hydrogen (secondary N) is 1. The number of hydrogen-bond donors (Lipinski definition) is 1. The molecule has 0 fully saturated rings. The molecule has 0 amide bonds. The minimum atomic E-state index is -0.310. The van der Waals surface area contributed by atoms with Crippen LogP contribution in [0.15, 0.2) is 47.1 Å². The second-order valence-electron chi connectivity index (χ2n) is 4.53. The van der Waals surface area contributed by atoms with Gasteiger partial charge in [0.1, 0.15) is 5.82 Å². The summed E-state index contributed by atoms with van der Waals surface area (Å²) in [6.07, 6.45) is 1.25. The Morgan fingerprint density at radius 2 is 1.84 bits per heavy atom. The van der Waals surface area contributed by atoms with Crippen LogP contribution in [0.3, 0.4) is 0 Å². The lowest BCUT2D eigenvalue weighted by atomic mass is 10.1. The average molecular weight is 323 g/mol. The van der Waals surface area contributed by atoms with E-state index >= 15 is 0 Å². The van der Waals surface area contributed by atoms with Crippen LogP contribution in [0.25, 0.3) is 0 Å². The molecule has 0 saturated heterocycles. The van der Waals surface area contributed by atoms with Crippen molar-refractivity contribution in [2.75, 3.05) is 0 Å². The van der Waals surface area contributed by atoms with Gasteiger partial charge in [-0.25, -0.2) is 4.39 Å². The summed E-state index contributed by atoms with van der Waals surface area (Å²) < 4.78 is 13.9. The smallest absolute Gasteiger partial charge is 0.141 e. The number of aromatic nitrogens is 1. The average Bonchev–Trinajstić information content (AvgIpc) is 2.39. The number of hydrogen-bond acceptors (Lipinski definition) is 2. The van der Waals surface area contributed by atoms with Gasteiger partial charge < -0.3 is 5.32 Å². The SMILES string of the molecule is CC(N[C@H](C)c1ccccc1Br)c1ccc(F)cn1. The third-order valence-electron chi connectivity index (χ3n) is 3.07. The Morgan fingerprint density at radius 1 is 1.11 bits per heavy atom.